The molecule has 2 aromatic carbocycles. The van der Waals surface area contributed by atoms with E-state index in [1.54, 1.807) is 19.2 Å². The fourth-order valence-electron chi connectivity index (χ4n) is 5.66. The van der Waals surface area contributed by atoms with Crippen LogP contribution in [0, 0.1) is 5.92 Å². The van der Waals surface area contributed by atoms with Crippen LogP contribution in [0.1, 0.15) is 79.2 Å². The van der Waals surface area contributed by atoms with Gasteiger partial charge >= 0.3 is 0 Å². The van der Waals surface area contributed by atoms with Gasteiger partial charge in [-0.1, -0.05) is 55.1 Å². The molecule has 0 spiro atoms. The Hall–Kier alpha value is -2.80. The molecule has 1 aliphatic carbocycles. The quantitative estimate of drug-likeness (QED) is 0.285. The summed E-state index contributed by atoms with van der Waals surface area (Å²) in [5.41, 5.74) is 8.45. The molecule has 0 saturated carbocycles. The zero-order chi connectivity index (χ0) is 27.4. The third-order valence-electron chi connectivity index (χ3n) is 7.73. The van der Waals surface area contributed by atoms with Gasteiger partial charge in [0.2, 0.25) is 0 Å². The summed E-state index contributed by atoms with van der Waals surface area (Å²) in [4.78, 5) is 13.7. The number of methoxy groups -OCH3 is 1. The molecule has 0 radical (unpaired) electrons. The van der Waals surface area contributed by atoms with Crippen molar-refractivity contribution in [2.75, 3.05) is 20.2 Å². The SMILES string of the molecule is CCCCC1CCN(NC(=O)c2nn(-c3ccc(Cl)cc3Cl)c3c2CCCC/C3=C\c2ccc(OC)cc2)C1. The first-order valence-corrected chi connectivity index (χ1v) is 14.7. The summed E-state index contributed by atoms with van der Waals surface area (Å²) in [6, 6.07) is 13.4. The standard InChI is InChI=1S/C31H36Cl2N4O2/c1-3-4-7-22-16-17-36(20-22)35-31(38)29-26-9-6-5-8-23(18-21-10-13-25(39-2)14-11-21)30(26)37(34-29)28-15-12-24(32)19-27(28)33/h10-15,18-19,22H,3-9,16-17,20H2,1-2H3,(H,35,38)/b23-18+. The Labute approximate surface area is 240 Å². The topological polar surface area (TPSA) is 59.4 Å². The van der Waals surface area contributed by atoms with E-state index in [1.807, 2.05) is 35.0 Å². The summed E-state index contributed by atoms with van der Waals surface area (Å²) in [7, 11) is 1.67. The maximum atomic E-state index is 13.7. The van der Waals surface area contributed by atoms with Crippen molar-refractivity contribution >= 4 is 40.8 Å². The second kappa shape index (κ2) is 12.6. The van der Waals surface area contributed by atoms with Crippen LogP contribution in [0.15, 0.2) is 42.5 Å². The van der Waals surface area contributed by atoms with Gasteiger partial charge in [-0.15, -0.1) is 0 Å². The van der Waals surface area contributed by atoms with E-state index in [0.29, 0.717) is 27.3 Å². The van der Waals surface area contributed by atoms with Crippen LogP contribution in [-0.4, -0.2) is 40.9 Å². The maximum absolute atomic E-state index is 13.7. The molecule has 3 aromatic rings. The molecular formula is C31H36Cl2N4O2. The second-order valence-corrected chi connectivity index (χ2v) is 11.4. The number of hydrogen-bond acceptors (Lipinski definition) is 4. The predicted molar refractivity (Wildman–Crippen MR) is 159 cm³/mol. The molecule has 2 aliphatic rings. The molecule has 1 aliphatic heterocycles. The van der Waals surface area contributed by atoms with Crippen LogP contribution in [0.2, 0.25) is 10.0 Å². The Kier molecular flexibility index (Phi) is 8.96. The molecule has 8 heteroatoms. The second-order valence-electron chi connectivity index (χ2n) is 10.5. The van der Waals surface area contributed by atoms with Crippen LogP contribution in [-0.2, 0) is 6.42 Å². The summed E-state index contributed by atoms with van der Waals surface area (Å²) in [5.74, 6) is 1.29. The highest BCUT2D eigenvalue weighted by atomic mass is 35.5. The van der Waals surface area contributed by atoms with Crippen molar-refractivity contribution in [3.63, 3.8) is 0 Å². The Morgan fingerprint density at radius 3 is 2.69 bits per heavy atom. The van der Waals surface area contributed by atoms with Gasteiger partial charge in [-0.2, -0.15) is 5.10 Å². The van der Waals surface area contributed by atoms with Gasteiger partial charge in [0.15, 0.2) is 5.69 Å². The molecule has 1 fully saturated rings. The Bertz CT molecular complexity index is 1350. The third-order valence-corrected chi connectivity index (χ3v) is 8.27. The smallest absolute Gasteiger partial charge is 0.286 e. The van der Waals surface area contributed by atoms with Crippen LogP contribution >= 0.6 is 23.2 Å². The van der Waals surface area contributed by atoms with Crippen LogP contribution in [0.4, 0.5) is 0 Å². The monoisotopic (exact) mass is 566 g/mol. The number of nitrogens with zero attached hydrogens (tertiary/aromatic N) is 3. The van der Waals surface area contributed by atoms with Crippen molar-refractivity contribution in [2.45, 2.75) is 58.3 Å². The molecule has 5 rings (SSSR count). The van der Waals surface area contributed by atoms with Gasteiger partial charge in [0, 0.05) is 23.7 Å². The number of hydrogen-bond donors (Lipinski definition) is 1. The van der Waals surface area contributed by atoms with Crippen LogP contribution < -0.4 is 10.2 Å². The molecule has 1 N–H and O–H groups in total. The largest absolute Gasteiger partial charge is 0.497 e. The van der Waals surface area contributed by atoms with Gasteiger partial charge in [0.25, 0.3) is 5.91 Å². The molecule has 2 heterocycles. The van der Waals surface area contributed by atoms with E-state index in [1.165, 1.54) is 19.3 Å². The lowest BCUT2D eigenvalue weighted by atomic mass is 10.0. The lowest BCUT2D eigenvalue weighted by Crippen LogP contribution is -2.41. The zero-order valence-electron chi connectivity index (χ0n) is 22.7. The van der Waals surface area contributed by atoms with E-state index in [9.17, 15) is 4.79 Å². The van der Waals surface area contributed by atoms with Crippen molar-refractivity contribution in [1.29, 1.82) is 0 Å². The number of amides is 1. The number of halogens is 2. The Balaban J connectivity index is 1.54. The van der Waals surface area contributed by atoms with Crippen LogP contribution in [0.25, 0.3) is 17.3 Å². The summed E-state index contributed by atoms with van der Waals surface area (Å²) >= 11 is 12.9. The first-order chi connectivity index (χ1) is 19.0. The van der Waals surface area contributed by atoms with E-state index in [-0.39, 0.29) is 5.91 Å². The van der Waals surface area contributed by atoms with E-state index < -0.39 is 0 Å². The summed E-state index contributed by atoms with van der Waals surface area (Å²) in [6.07, 6.45) is 10.6. The van der Waals surface area contributed by atoms with Gasteiger partial charge in [-0.3, -0.25) is 10.2 Å². The van der Waals surface area contributed by atoms with E-state index in [2.05, 4.69) is 23.4 Å². The molecule has 206 valence electrons. The first kappa shape index (κ1) is 27.8. The number of carbonyl (C=O) groups is 1. The van der Waals surface area contributed by atoms with Gasteiger partial charge in [0.1, 0.15) is 5.75 Å². The molecule has 1 amide bonds. The molecule has 1 atom stereocenters. The minimum Gasteiger partial charge on any atom is -0.497 e. The number of aromatic nitrogens is 2. The van der Waals surface area contributed by atoms with Crippen molar-refractivity contribution in [3.05, 3.63) is 75.0 Å². The fraction of sp³-hybridized carbons (Fsp3) is 0.419. The Morgan fingerprint density at radius 1 is 1.15 bits per heavy atom. The number of allylic oxidation sites excluding steroid dienone is 1. The molecule has 6 nitrogen and oxygen atoms in total. The summed E-state index contributed by atoms with van der Waals surface area (Å²) in [6.45, 7) is 3.98. The number of hydrazine groups is 1. The molecule has 1 aromatic heterocycles. The Morgan fingerprint density at radius 2 is 1.95 bits per heavy atom. The van der Waals surface area contributed by atoms with Gasteiger partial charge in [0.05, 0.1) is 23.5 Å². The number of unbranched alkanes of at least 4 members (excludes halogenated alkanes) is 1. The maximum Gasteiger partial charge on any atom is 0.286 e. The lowest BCUT2D eigenvalue weighted by Gasteiger charge is -2.17. The minimum absolute atomic E-state index is 0.156. The number of nitrogens with one attached hydrogen (secondary N) is 1. The van der Waals surface area contributed by atoms with Crippen molar-refractivity contribution < 1.29 is 9.53 Å². The van der Waals surface area contributed by atoms with Gasteiger partial charge in [-0.25, -0.2) is 9.69 Å². The van der Waals surface area contributed by atoms with E-state index >= 15 is 0 Å². The predicted octanol–water partition coefficient (Wildman–Crippen LogP) is 7.61. The number of rotatable bonds is 8. The minimum atomic E-state index is -0.156. The normalized spacial score (nSPS) is 18.7. The molecule has 1 unspecified atom stereocenters. The first-order valence-electron chi connectivity index (χ1n) is 13.9. The van der Waals surface area contributed by atoms with E-state index in [0.717, 1.165) is 73.3 Å². The zero-order valence-corrected chi connectivity index (χ0v) is 24.2. The summed E-state index contributed by atoms with van der Waals surface area (Å²) < 4.78 is 7.18. The molecular weight excluding hydrogens is 531 g/mol. The number of carbonyl (C=O) groups excluding carboxylic acids is 1. The fourth-order valence-corrected chi connectivity index (χ4v) is 6.15. The number of fused-ring (bicyclic) bond motifs is 1. The van der Waals surface area contributed by atoms with Crippen LogP contribution in [0.3, 0.4) is 0 Å². The van der Waals surface area contributed by atoms with E-state index in [4.69, 9.17) is 33.0 Å². The van der Waals surface area contributed by atoms with Crippen molar-refractivity contribution in [1.82, 2.24) is 20.2 Å². The number of benzene rings is 2. The van der Waals surface area contributed by atoms with Crippen molar-refractivity contribution in [2.24, 2.45) is 5.92 Å². The molecule has 0 bridgehead atoms. The van der Waals surface area contributed by atoms with Crippen LogP contribution in [0.5, 0.6) is 5.75 Å². The van der Waals surface area contributed by atoms with Gasteiger partial charge < -0.3 is 4.74 Å². The molecule has 39 heavy (non-hydrogen) atoms. The van der Waals surface area contributed by atoms with Crippen molar-refractivity contribution in [3.8, 4) is 11.4 Å². The van der Waals surface area contributed by atoms with Gasteiger partial charge in [-0.05, 0) is 92.0 Å². The highest BCUT2D eigenvalue weighted by molar-refractivity contribution is 6.35. The highest BCUT2D eigenvalue weighted by Crippen LogP contribution is 2.37. The highest BCUT2D eigenvalue weighted by Gasteiger charge is 2.30. The lowest BCUT2D eigenvalue weighted by molar-refractivity contribution is 0.0813. The number of ether oxygens (including phenoxy) is 1. The molecule has 1 saturated heterocycles. The average Bonchev–Trinajstić information content (AvgIpc) is 3.48. The summed E-state index contributed by atoms with van der Waals surface area (Å²) in [5, 5.41) is 8.03. The third kappa shape index (κ3) is 6.34. The average molecular weight is 568 g/mol.